The predicted molar refractivity (Wildman–Crippen MR) is 87.0 cm³/mol. The number of aromatic carboxylic acids is 1. The van der Waals surface area contributed by atoms with Crippen LogP contribution in [0.4, 0.5) is 9.18 Å². The predicted octanol–water partition coefficient (Wildman–Crippen LogP) is 3.46. The number of hydrogen-bond acceptors (Lipinski definition) is 3. The number of carbonyl (C=O) groups is 2. The van der Waals surface area contributed by atoms with E-state index < -0.39 is 23.4 Å². The highest BCUT2D eigenvalue weighted by atomic mass is 19.1. The van der Waals surface area contributed by atoms with E-state index in [1.165, 1.54) is 30.4 Å². The zero-order valence-electron chi connectivity index (χ0n) is 12.7. The van der Waals surface area contributed by atoms with Crippen LogP contribution in [0.15, 0.2) is 54.6 Å². The molecule has 0 heterocycles. The molecule has 0 aliphatic rings. The first-order valence-corrected chi connectivity index (χ1v) is 7.21. The van der Waals surface area contributed by atoms with Gasteiger partial charge in [-0.2, -0.15) is 0 Å². The second-order valence-corrected chi connectivity index (χ2v) is 4.86. The number of nitrogens with one attached hydrogen (secondary N) is 1. The fourth-order valence-corrected chi connectivity index (χ4v) is 1.95. The maximum Gasteiger partial charge on any atom is 0.407 e. The van der Waals surface area contributed by atoms with Crippen molar-refractivity contribution >= 4 is 18.1 Å². The summed E-state index contributed by atoms with van der Waals surface area (Å²) in [5.41, 5.74) is 0.609. The molecule has 0 aliphatic heterocycles. The van der Waals surface area contributed by atoms with Crippen LogP contribution in [-0.2, 0) is 11.3 Å². The Labute approximate surface area is 138 Å². The Kier molecular flexibility index (Phi) is 6.08. The summed E-state index contributed by atoms with van der Waals surface area (Å²) in [7, 11) is 0. The van der Waals surface area contributed by atoms with Crippen molar-refractivity contribution in [3.05, 3.63) is 77.1 Å². The molecule has 0 bridgehead atoms. The summed E-state index contributed by atoms with van der Waals surface area (Å²) in [6.07, 6.45) is 2.32. The molecule has 0 fully saturated rings. The Bertz CT molecular complexity index is 744. The lowest BCUT2D eigenvalue weighted by Gasteiger charge is -2.05. The quantitative estimate of drug-likeness (QED) is 0.851. The first-order valence-electron chi connectivity index (χ1n) is 7.21. The second-order valence-electron chi connectivity index (χ2n) is 4.86. The molecule has 2 N–H and O–H groups in total. The molecule has 2 rings (SSSR count). The number of rotatable bonds is 6. The van der Waals surface area contributed by atoms with Gasteiger partial charge in [0.1, 0.15) is 12.4 Å². The van der Waals surface area contributed by atoms with Crippen LogP contribution in [0.2, 0.25) is 0 Å². The van der Waals surface area contributed by atoms with E-state index in [2.05, 4.69) is 5.32 Å². The van der Waals surface area contributed by atoms with Crippen molar-refractivity contribution in [2.24, 2.45) is 0 Å². The normalized spacial score (nSPS) is 10.5. The van der Waals surface area contributed by atoms with Gasteiger partial charge in [-0.25, -0.2) is 14.0 Å². The SMILES string of the molecule is O=C(NCC=Cc1cccc(C(=O)O)c1F)OCc1ccccc1. The molecule has 2 aromatic rings. The van der Waals surface area contributed by atoms with Crippen molar-refractivity contribution in [1.82, 2.24) is 5.32 Å². The van der Waals surface area contributed by atoms with Gasteiger partial charge in [0, 0.05) is 12.1 Å². The van der Waals surface area contributed by atoms with E-state index >= 15 is 0 Å². The molecule has 6 heteroatoms. The molecule has 0 atom stereocenters. The summed E-state index contributed by atoms with van der Waals surface area (Å²) < 4.78 is 18.9. The standard InChI is InChI=1S/C18H16FNO4/c19-16-14(8-4-10-15(16)17(21)22)9-5-11-20-18(23)24-12-13-6-2-1-3-7-13/h1-10H,11-12H2,(H,20,23)(H,21,22). The van der Waals surface area contributed by atoms with Gasteiger partial charge in [0.15, 0.2) is 0 Å². The van der Waals surface area contributed by atoms with Gasteiger partial charge in [-0.1, -0.05) is 54.6 Å². The van der Waals surface area contributed by atoms with Crippen LogP contribution in [-0.4, -0.2) is 23.7 Å². The van der Waals surface area contributed by atoms with Crippen molar-refractivity contribution in [3.63, 3.8) is 0 Å². The monoisotopic (exact) mass is 329 g/mol. The minimum absolute atomic E-state index is 0.129. The first kappa shape index (κ1) is 17.2. The average molecular weight is 329 g/mol. The molecule has 0 aliphatic carbocycles. The van der Waals surface area contributed by atoms with E-state index in [-0.39, 0.29) is 18.7 Å². The molecular weight excluding hydrogens is 313 g/mol. The molecule has 5 nitrogen and oxygen atoms in total. The number of hydrogen-bond donors (Lipinski definition) is 2. The van der Waals surface area contributed by atoms with Gasteiger partial charge in [0.25, 0.3) is 0 Å². The summed E-state index contributed by atoms with van der Waals surface area (Å²) >= 11 is 0. The Morgan fingerprint density at radius 2 is 1.88 bits per heavy atom. The van der Waals surface area contributed by atoms with Gasteiger partial charge in [-0.05, 0) is 11.6 Å². The Morgan fingerprint density at radius 1 is 1.12 bits per heavy atom. The summed E-state index contributed by atoms with van der Waals surface area (Å²) in [6, 6.07) is 13.3. The fraction of sp³-hybridized carbons (Fsp3) is 0.111. The molecule has 124 valence electrons. The number of amides is 1. The number of halogens is 1. The molecular formula is C18H16FNO4. The minimum atomic E-state index is -1.33. The van der Waals surface area contributed by atoms with Crippen LogP contribution < -0.4 is 5.32 Å². The van der Waals surface area contributed by atoms with E-state index in [9.17, 15) is 14.0 Å². The second kappa shape index (κ2) is 8.47. The molecule has 0 radical (unpaired) electrons. The Balaban J connectivity index is 1.81. The summed E-state index contributed by atoms with van der Waals surface area (Å²) in [4.78, 5) is 22.4. The summed E-state index contributed by atoms with van der Waals surface area (Å²) in [5.74, 6) is -2.14. The minimum Gasteiger partial charge on any atom is -0.478 e. The molecule has 2 aromatic carbocycles. The Hall–Kier alpha value is -3.15. The third-order valence-corrected chi connectivity index (χ3v) is 3.13. The maximum atomic E-state index is 13.9. The van der Waals surface area contributed by atoms with E-state index in [1.807, 2.05) is 30.3 Å². The maximum absolute atomic E-state index is 13.9. The fourth-order valence-electron chi connectivity index (χ4n) is 1.95. The van der Waals surface area contributed by atoms with Gasteiger partial charge >= 0.3 is 12.1 Å². The highest BCUT2D eigenvalue weighted by Gasteiger charge is 2.11. The lowest BCUT2D eigenvalue weighted by Crippen LogP contribution is -2.24. The number of ether oxygens (including phenoxy) is 1. The van der Waals surface area contributed by atoms with Gasteiger partial charge in [0.05, 0.1) is 5.56 Å². The molecule has 0 aromatic heterocycles. The topological polar surface area (TPSA) is 75.6 Å². The number of alkyl carbamates (subject to hydrolysis) is 1. The van der Waals surface area contributed by atoms with E-state index in [1.54, 1.807) is 0 Å². The third kappa shape index (κ3) is 4.95. The van der Waals surface area contributed by atoms with Crippen LogP contribution in [0.3, 0.4) is 0 Å². The highest BCUT2D eigenvalue weighted by Crippen LogP contribution is 2.14. The number of carbonyl (C=O) groups excluding carboxylic acids is 1. The molecule has 0 spiro atoms. The zero-order chi connectivity index (χ0) is 17.4. The van der Waals surface area contributed by atoms with Crippen molar-refractivity contribution < 1.29 is 23.8 Å². The first-order chi connectivity index (χ1) is 11.6. The zero-order valence-corrected chi connectivity index (χ0v) is 12.7. The molecule has 0 saturated heterocycles. The molecule has 1 amide bonds. The average Bonchev–Trinajstić information content (AvgIpc) is 2.58. The Morgan fingerprint density at radius 3 is 2.58 bits per heavy atom. The van der Waals surface area contributed by atoms with Gasteiger partial charge in [-0.15, -0.1) is 0 Å². The van der Waals surface area contributed by atoms with Crippen molar-refractivity contribution in [2.45, 2.75) is 6.61 Å². The number of benzene rings is 2. The van der Waals surface area contributed by atoms with Crippen LogP contribution >= 0.6 is 0 Å². The highest BCUT2D eigenvalue weighted by molar-refractivity contribution is 5.88. The van der Waals surface area contributed by atoms with Crippen LogP contribution in [0.1, 0.15) is 21.5 Å². The lowest BCUT2D eigenvalue weighted by molar-refractivity contribution is 0.0691. The number of carboxylic acid groups (broad SMARTS) is 1. The van der Waals surface area contributed by atoms with E-state index in [4.69, 9.17) is 9.84 Å². The summed E-state index contributed by atoms with van der Waals surface area (Å²) in [6.45, 7) is 0.288. The molecule has 24 heavy (non-hydrogen) atoms. The third-order valence-electron chi connectivity index (χ3n) is 3.13. The molecule has 0 saturated carbocycles. The van der Waals surface area contributed by atoms with Gasteiger partial charge in [0.2, 0.25) is 0 Å². The van der Waals surface area contributed by atoms with Crippen LogP contribution in [0.25, 0.3) is 6.08 Å². The summed E-state index contributed by atoms with van der Waals surface area (Å²) in [5, 5.41) is 11.3. The van der Waals surface area contributed by atoms with E-state index in [0.29, 0.717) is 0 Å². The lowest BCUT2D eigenvalue weighted by atomic mass is 10.1. The van der Waals surface area contributed by atoms with Gasteiger partial charge in [-0.3, -0.25) is 0 Å². The molecule has 0 unspecified atom stereocenters. The largest absolute Gasteiger partial charge is 0.478 e. The smallest absolute Gasteiger partial charge is 0.407 e. The number of carboxylic acids is 1. The van der Waals surface area contributed by atoms with E-state index in [0.717, 1.165) is 5.56 Å². The van der Waals surface area contributed by atoms with Crippen molar-refractivity contribution in [2.75, 3.05) is 6.54 Å². The van der Waals surface area contributed by atoms with Gasteiger partial charge < -0.3 is 15.2 Å². The van der Waals surface area contributed by atoms with Crippen LogP contribution in [0.5, 0.6) is 0 Å². The van der Waals surface area contributed by atoms with Crippen molar-refractivity contribution in [3.8, 4) is 0 Å². The van der Waals surface area contributed by atoms with Crippen LogP contribution in [0, 0.1) is 5.82 Å². The van der Waals surface area contributed by atoms with Crippen molar-refractivity contribution in [1.29, 1.82) is 0 Å².